The SMILES string of the molecule is COCCn1c([C@@H]2CCCNC2)nc2cc(Cl)c(Cl)cc2c1=O. The van der Waals surface area contributed by atoms with Gasteiger partial charge in [-0.3, -0.25) is 9.36 Å². The Hall–Kier alpha value is -1.14. The first-order chi connectivity index (χ1) is 11.1. The van der Waals surface area contributed by atoms with E-state index in [1.165, 1.54) is 0 Å². The highest BCUT2D eigenvalue weighted by molar-refractivity contribution is 6.42. The molecule has 0 spiro atoms. The van der Waals surface area contributed by atoms with Crippen molar-refractivity contribution >= 4 is 34.1 Å². The van der Waals surface area contributed by atoms with Crippen molar-refractivity contribution in [1.29, 1.82) is 0 Å². The maximum Gasteiger partial charge on any atom is 0.261 e. The predicted octanol–water partition coefficient (Wildman–Crippen LogP) is 2.82. The van der Waals surface area contributed by atoms with Crippen molar-refractivity contribution in [2.24, 2.45) is 0 Å². The van der Waals surface area contributed by atoms with Crippen molar-refractivity contribution in [2.45, 2.75) is 25.3 Å². The summed E-state index contributed by atoms with van der Waals surface area (Å²) in [5, 5.41) is 4.63. The van der Waals surface area contributed by atoms with Gasteiger partial charge in [0.15, 0.2) is 0 Å². The standard InChI is InChI=1S/C16H19Cl2N3O2/c1-23-6-5-21-15(10-3-2-4-19-9-10)20-14-8-13(18)12(17)7-11(14)16(21)22/h7-8,10,19H,2-6,9H2,1H3/t10-/m1/s1. The van der Waals surface area contributed by atoms with E-state index < -0.39 is 0 Å². The minimum atomic E-state index is -0.0915. The molecule has 0 saturated carbocycles. The number of piperidine rings is 1. The molecule has 1 aliphatic rings. The van der Waals surface area contributed by atoms with Crippen LogP contribution in [0.25, 0.3) is 10.9 Å². The molecule has 2 aromatic rings. The van der Waals surface area contributed by atoms with Crippen molar-refractivity contribution in [3.8, 4) is 0 Å². The lowest BCUT2D eigenvalue weighted by Crippen LogP contribution is -2.35. The molecular weight excluding hydrogens is 337 g/mol. The average molecular weight is 356 g/mol. The molecule has 1 aromatic carbocycles. The van der Waals surface area contributed by atoms with Gasteiger partial charge in [-0.1, -0.05) is 23.2 Å². The van der Waals surface area contributed by atoms with E-state index in [4.69, 9.17) is 32.9 Å². The van der Waals surface area contributed by atoms with Crippen molar-refractivity contribution in [1.82, 2.24) is 14.9 Å². The highest BCUT2D eigenvalue weighted by Crippen LogP contribution is 2.27. The summed E-state index contributed by atoms with van der Waals surface area (Å²) in [6.07, 6.45) is 2.09. The van der Waals surface area contributed by atoms with E-state index in [1.54, 1.807) is 23.8 Å². The second kappa shape index (κ2) is 7.18. The molecule has 7 heteroatoms. The molecule has 3 rings (SSSR count). The Morgan fingerprint density at radius 2 is 2.17 bits per heavy atom. The maximum atomic E-state index is 12.9. The van der Waals surface area contributed by atoms with E-state index in [-0.39, 0.29) is 11.5 Å². The predicted molar refractivity (Wildman–Crippen MR) is 92.7 cm³/mol. The number of nitrogens with one attached hydrogen (secondary N) is 1. The third kappa shape index (κ3) is 3.38. The smallest absolute Gasteiger partial charge is 0.261 e. The quantitative estimate of drug-likeness (QED) is 0.915. The maximum absolute atomic E-state index is 12.9. The molecule has 23 heavy (non-hydrogen) atoms. The number of aromatic nitrogens is 2. The van der Waals surface area contributed by atoms with Gasteiger partial charge in [0.1, 0.15) is 5.82 Å². The highest BCUT2D eigenvalue weighted by Gasteiger charge is 2.22. The topological polar surface area (TPSA) is 56.1 Å². The van der Waals surface area contributed by atoms with Crippen LogP contribution in [0.4, 0.5) is 0 Å². The molecule has 1 aliphatic heterocycles. The zero-order valence-corrected chi connectivity index (χ0v) is 14.5. The van der Waals surface area contributed by atoms with Gasteiger partial charge in [-0.2, -0.15) is 0 Å². The van der Waals surface area contributed by atoms with Gasteiger partial charge in [-0.15, -0.1) is 0 Å². The molecule has 0 unspecified atom stereocenters. The van der Waals surface area contributed by atoms with Gasteiger partial charge in [0.25, 0.3) is 5.56 Å². The fourth-order valence-electron chi connectivity index (χ4n) is 3.02. The van der Waals surface area contributed by atoms with E-state index in [0.29, 0.717) is 34.1 Å². The number of methoxy groups -OCH3 is 1. The first-order valence-electron chi connectivity index (χ1n) is 7.71. The minimum absolute atomic E-state index is 0.0915. The fourth-order valence-corrected chi connectivity index (χ4v) is 3.34. The Morgan fingerprint density at radius 1 is 1.39 bits per heavy atom. The summed E-state index contributed by atoms with van der Waals surface area (Å²) in [7, 11) is 1.62. The van der Waals surface area contributed by atoms with Gasteiger partial charge in [0.05, 0.1) is 34.1 Å². The van der Waals surface area contributed by atoms with Gasteiger partial charge in [0, 0.05) is 19.6 Å². The second-order valence-electron chi connectivity index (χ2n) is 5.75. The first kappa shape index (κ1) is 16.7. The molecule has 0 aliphatic carbocycles. The van der Waals surface area contributed by atoms with Crippen LogP contribution in [-0.4, -0.2) is 36.4 Å². The summed E-state index contributed by atoms with van der Waals surface area (Å²) in [6, 6.07) is 3.27. The lowest BCUT2D eigenvalue weighted by atomic mass is 9.98. The molecule has 1 fully saturated rings. The van der Waals surface area contributed by atoms with Crippen LogP contribution in [0.2, 0.25) is 10.0 Å². The normalized spacial score (nSPS) is 18.5. The van der Waals surface area contributed by atoms with Crippen LogP contribution in [0.5, 0.6) is 0 Å². The molecule has 1 atom stereocenters. The van der Waals surface area contributed by atoms with Crippen molar-refractivity contribution in [2.75, 3.05) is 26.8 Å². The van der Waals surface area contributed by atoms with Crippen LogP contribution < -0.4 is 10.9 Å². The summed E-state index contributed by atoms with van der Waals surface area (Å²) >= 11 is 12.2. The third-order valence-corrected chi connectivity index (χ3v) is 4.93. The van der Waals surface area contributed by atoms with Crippen LogP contribution in [0.1, 0.15) is 24.6 Å². The van der Waals surface area contributed by atoms with E-state index in [0.717, 1.165) is 31.8 Å². The van der Waals surface area contributed by atoms with Crippen molar-refractivity contribution in [3.05, 3.63) is 38.4 Å². The Kier molecular flexibility index (Phi) is 5.21. The largest absolute Gasteiger partial charge is 0.383 e. The Morgan fingerprint density at radius 3 is 2.87 bits per heavy atom. The van der Waals surface area contributed by atoms with Crippen LogP contribution >= 0.6 is 23.2 Å². The molecule has 1 saturated heterocycles. The number of halogens is 2. The molecule has 124 valence electrons. The first-order valence-corrected chi connectivity index (χ1v) is 8.46. The fraction of sp³-hybridized carbons (Fsp3) is 0.500. The number of rotatable bonds is 4. The van der Waals surface area contributed by atoms with Crippen molar-refractivity contribution in [3.63, 3.8) is 0 Å². The van der Waals surface area contributed by atoms with E-state index in [2.05, 4.69) is 5.32 Å². The molecule has 0 bridgehead atoms. The van der Waals surface area contributed by atoms with E-state index >= 15 is 0 Å². The van der Waals surface area contributed by atoms with Gasteiger partial charge in [0.2, 0.25) is 0 Å². The van der Waals surface area contributed by atoms with E-state index in [1.807, 2.05) is 0 Å². The molecule has 0 radical (unpaired) electrons. The summed E-state index contributed by atoms with van der Waals surface area (Å²) < 4.78 is 6.86. The third-order valence-electron chi connectivity index (χ3n) is 4.21. The zero-order chi connectivity index (χ0) is 16.4. The van der Waals surface area contributed by atoms with Crippen LogP contribution in [0, 0.1) is 0 Å². The summed E-state index contributed by atoms with van der Waals surface area (Å²) in [5.41, 5.74) is 0.504. The molecule has 1 N–H and O–H groups in total. The summed E-state index contributed by atoms with van der Waals surface area (Å²) in [5.74, 6) is 1.01. The zero-order valence-electron chi connectivity index (χ0n) is 12.9. The average Bonchev–Trinajstić information content (AvgIpc) is 2.56. The number of ether oxygens (including phenoxy) is 1. The molecular formula is C16H19Cl2N3O2. The van der Waals surface area contributed by atoms with Gasteiger partial charge in [-0.05, 0) is 31.5 Å². The minimum Gasteiger partial charge on any atom is -0.383 e. The van der Waals surface area contributed by atoms with Crippen LogP contribution in [0.3, 0.4) is 0 Å². The number of hydrogen-bond donors (Lipinski definition) is 1. The van der Waals surface area contributed by atoms with Crippen LogP contribution in [-0.2, 0) is 11.3 Å². The Labute approximate surface area is 144 Å². The summed E-state index contributed by atoms with van der Waals surface area (Å²) in [4.78, 5) is 17.6. The van der Waals surface area contributed by atoms with E-state index in [9.17, 15) is 4.79 Å². The number of fused-ring (bicyclic) bond motifs is 1. The lowest BCUT2D eigenvalue weighted by molar-refractivity contribution is 0.184. The van der Waals surface area contributed by atoms with Gasteiger partial charge in [-0.25, -0.2) is 4.98 Å². The lowest BCUT2D eigenvalue weighted by Gasteiger charge is -2.25. The number of nitrogens with zero attached hydrogens (tertiary/aromatic N) is 2. The Bertz CT molecular complexity index is 770. The number of hydrogen-bond acceptors (Lipinski definition) is 4. The second-order valence-corrected chi connectivity index (χ2v) is 6.56. The monoisotopic (exact) mass is 355 g/mol. The number of benzene rings is 1. The van der Waals surface area contributed by atoms with Gasteiger partial charge < -0.3 is 10.1 Å². The molecule has 5 nitrogen and oxygen atoms in total. The van der Waals surface area contributed by atoms with Gasteiger partial charge >= 0.3 is 0 Å². The molecule has 1 aromatic heterocycles. The Balaban J connectivity index is 2.18. The summed E-state index contributed by atoms with van der Waals surface area (Å²) in [6.45, 7) is 2.77. The molecule has 2 heterocycles. The van der Waals surface area contributed by atoms with Crippen molar-refractivity contribution < 1.29 is 4.74 Å². The molecule has 0 amide bonds. The highest BCUT2D eigenvalue weighted by atomic mass is 35.5. The van der Waals surface area contributed by atoms with Crippen LogP contribution in [0.15, 0.2) is 16.9 Å².